The molecule has 0 bridgehead atoms. The Bertz CT molecular complexity index is 671. The van der Waals surface area contributed by atoms with Crippen LogP contribution in [0.5, 0.6) is 5.75 Å². The zero-order chi connectivity index (χ0) is 17.1. The zero-order valence-corrected chi connectivity index (χ0v) is 12.1. The van der Waals surface area contributed by atoms with Crippen LogP contribution in [-0.4, -0.2) is 24.3 Å². The van der Waals surface area contributed by atoms with Crippen LogP contribution in [0.2, 0.25) is 0 Å². The number of nitrogens with one attached hydrogen (secondary N) is 1. The van der Waals surface area contributed by atoms with Gasteiger partial charge in [0.1, 0.15) is 5.75 Å². The van der Waals surface area contributed by atoms with Gasteiger partial charge in [0.05, 0.1) is 7.11 Å². The van der Waals surface area contributed by atoms with Crippen LogP contribution in [0.25, 0.3) is 0 Å². The van der Waals surface area contributed by atoms with E-state index in [9.17, 15) is 23.1 Å². The van der Waals surface area contributed by atoms with E-state index in [0.29, 0.717) is 5.75 Å². The minimum atomic E-state index is -5.18. The van der Waals surface area contributed by atoms with E-state index in [1.54, 1.807) is 0 Å². The summed E-state index contributed by atoms with van der Waals surface area (Å²) in [4.78, 5) is 12.1. The number of aliphatic hydroxyl groups is 1. The molecule has 4 nitrogen and oxygen atoms in total. The number of methoxy groups -OCH3 is 1. The van der Waals surface area contributed by atoms with E-state index >= 15 is 0 Å². The second-order valence-corrected chi connectivity index (χ2v) is 4.76. The molecule has 2 aromatic carbocycles. The van der Waals surface area contributed by atoms with E-state index in [-0.39, 0.29) is 5.69 Å². The minimum absolute atomic E-state index is 0.106. The number of rotatable bonds is 4. The third-order valence-corrected chi connectivity index (χ3v) is 3.28. The smallest absolute Gasteiger partial charge is 0.430 e. The monoisotopic (exact) mass is 325 g/mol. The fraction of sp³-hybridized carbons (Fsp3) is 0.188. The van der Waals surface area contributed by atoms with Crippen molar-refractivity contribution in [2.75, 3.05) is 12.4 Å². The average Bonchev–Trinajstić information content (AvgIpc) is 2.54. The molecule has 0 fully saturated rings. The maximum absolute atomic E-state index is 13.3. The van der Waals surface area contributed by atoms with E-state index in [1.807, 2.05) is 0 Å². The number of hydrogen-bond acceptors (Lipinski definition) is 3. The normalized spacial score (nSPS) is 14.0. The number of hydrogen-bond donors (Lipinski definition) is 2. The number of ether oxygens (including phenoxy) is 1. The Balaban J connectivity index is 2.34. The number of carbonyl (C=O) groups is 1. The van der Waals surface area contributed by atoms with Crippen molar-refractivity contribution in [2.24, 2.45) is 0 Å². The summed E-state index contributed by atoms with van der Waals surface area (Å²) in [7, 11) is 1.44. The number of halogens is 3. The molecule has 122 valence electrons. The second-order valence-electron chi connectivity index (χ2n) is 4.76. The van der Waals surface area contributed by atoms with Gasteiger partial charge in [-0.2, -0.15) is 13.2 Å². The third-order valence-electron chi connectivity index (χ3n) is 3.28. The first-order valence-electron chi connectivity index (χ1n) is 6.59. The molecule has 0 radical (unpaired) electrons. The summed E-state index contributed by atoms with van der Waals surface area (Å²) in [5, 5.41) is 12.2. The molecule has 7 heteroatoms. The molecule has 0 aliphatic rings. The second kappa shape index (κ2) is 6.29. The lowest BCUT2D eigenvalue weighted by atomic mass is 9.92. The molecule has 0 saturated carbocycles. The number of amides is 1. The molecule has 2 aromatic rings. The molecular formula is C16H14F3NO3. The number of alkyl halides is 3. The van der Waals surface area contributed by atoms with Crippen LogP contribution in [0.15, 0.2) is 54.6 Å². The number of anilines is 1. The van der Waals surface area contributed by atoms with Gasteiger partial charge in [-0.05, 0) is 24.3 Å². The van der Waals surface area contributed by atoms with Crippen molar-refractivity contribution in [1.82, 2.24) is 0 Å². The van der Waals surface area contributed by atoms with Crippen molar-refractivity contribution in [2.45, 2.75) is 11.8 Å². The largest absolute Gasteiger partial charge is 0.497 e. The molecule has 2 N–H and O–H groups in total. The first-order valence-corrected chi connectivity index (χ1v) is 6.59. The highest BCUT2D eigenvalue weighted by atomic mass is 19.4. The Kier molecular flexibility index (Phi) is 4.60. The molecule has 23 heavy (non-hydrogen) atoms. The van der Waals surface area contributed by atoms with Crippen LogP contribution in [0, 0.1) is 0 Å². The topological polar surface area (TPSA) is 58.6 Å². The SMILES string of the molecule is COc1ccc(NC(=O)C(O)(c2ccccc2)C(F)(F)F)cc1. The standard InChI is InChI=1S/C16H14F3NO3/c1-23-13-9-7-12(8-10-13)20-14(21)15(22,16(17,18)19)11-5-3-2-4-6-11/h2-10,22H,1H3,(H,20,21). The number of benzene rings is 2. The van der Waals surface area contributed by atoms with E-state index in [2.05, 4.69) is 5.32 Å². The van der Waals surface area contributed by atoms with E-state index < -0.39 is 23.2 Å². The van der Waals surface area contributed by atoms with Crippen LogP contribution in [0.4, 0.5) is 18.9 Å². The Morgan fingerprint density at radius 3 is 2.09 bits per heavy atom. The lowest BCUT2D eigenvalue weighted by Gasteiger charge is -2.29. The first kappa shape index (κ1) is 16.8. The van der Waals surface area contributed by atoms with Gasteiger partial charge in [-0.15, -0.1) is 0 Å². The summed E-state index contributed by atoms with van der Waals surface area (Å²) in [6.07, 6.45) is -5.18. The van der Waals surface area contributed by atoms with Crippen molar-refractivity contribution in [3.63, 3.8) is 0 Å². The van der Waals surface area contributed by atoms with Crippen molar-refractivity contribution >= 4 is 11.6 Å². The molecule has 1 atom stereocenters. The summed E-state index contributed by atoms with van der Waals surface area (Å²) >= 11 is 0. The average molecular weight is 325 g/mol. The molecule has 0 spiro atoms. The molecule has 0 aliphatic carbocycles. The molecule has 1 unspecified atom stereocenters. The lowest BCUT2D eigenvalue weighted by Crippen LogP contribution is -2.51. The molecule has 0 aromatic heterocycles. The fourth-order valence-corrected chi connectivity index (χ4v) is 2.00. The summed E-state index contributed by atoms with van der Waals surface area (Å²) in [5.41, 5.74) is -4.10. The van der Waals surface area contributed by atoms with Crippen LogP contribution in [0.1, 0.15) is 5.56 Å². The zero-order valence-electron chi connectivity index (χ0n) is 12.1. The third kappa shape index (κ3) is 3.29. The predicted octanol–water partition coefficient (Wildman–Crippen LogP) is 3.08. The predicted molar refractivity (Wildman–Crippen MR) is 78.0 cm³/mol. The highest BCUT2D eigenvalue weighted by Crippen LogP contribution is 2.39. The Labute approximate surface area is 130 Å². The Hall–Kier alpha value is -2.54. The summed E-state index contributed by atoms with van der Waals surface area (Å²) in [6, 6.07) is 11.9. The van der Waals surface area contributed by atoms with E-state index in [1.165, 1.54) is 49.6 Å². The van der Waals surface area contributed by atoms with Gasteiger partial charge in [0.15, 0.2) is 0 Å². The molecule has 0 saturated heterocycles. The highest BCUT2D eigenvalue weighted by molar-refractivity contribution is 5.98. The molecule has 1 amide bonds. The fourth-order valence-electron chi connectivity index (χ4n) is 2.00. The highest BCUT2D eigenvalue weighted by Gasteiger charge is 2.60. The Morgan fingerprint density at radius 1 is 1.04 bits per heavy atom. The van der Waals surface area contributed by atoms with Crippen molar-refractivity contribution in [3.8, 4) is 5.75 Å². The Morgan fingerprint density at radius 2 is 1.61 bits per heavy atom. The van der Waals surface area contributed by atoms with Crippen molar-refractivity contribution < 1.29 is 27.8 Å². The van der Waals surface area contributed by atoms with E-state index in [4.69, 9.17) is 4.74 Å². The van der Waals surface area contributed by atoms with Gasteiger partial charge in [0, 0.05) is 11.3 Å². The summed E-state index contributed by atoms with van der Waals surface area (Å²) < 4.78 is 44.9. The lowest BCUT2D eigenvalue weighted by molar-refractivity contribution is -0.254. The van der Waals surface area contributed by atoms with Gasteiger partial charge in [0.25, 0.3) is 11.5 Å². The van der Waals surface area contributed by atoms with Crippen molar-refractivity contribution in [3.05, 3.63) is 60.2 Å². The first-order chi connectivity index (χ1) is 10.8. The van der Waals surface area contributed by atoms with Gasteiger partial charge in [-0.25, -0.2) is 0 Å². The van der Waals surface area contributed by atoms with Crippen LogP contribution < -0.4 is 10.1 Å². The van der Waals surface area contributed by atoms with Gasteiger partial charge in [0.2, 0.25) is 0 Å². The summed E-state index contributed by atoms with van der Waals surface area (Å²) in [6.45, 7) is 0. The molecule has 2 rings (SSSR count). The summed E-state index contributed by atoms with van der Waals surface area (Å²) in [5.74, 6) is -1.10. The van der Waals surface area contributed by atoms with Crippen LogP contribution >= 0.6 is 0 Å². The van der Waals surface area contributed by atoms with Gasteiger partial charge in [-0.3, -0.25) is 4.79 Å². The van der Waals surface area contributed by atoms with Gasteiger partial charge in [-0.1, -0.05) is 30.3 Å². The molecular weight excluding hydrogens is 311 g/mol. The van der Waals surface area contributed by atoms with Gasteiger partial charge >= 0.3 is 6.18 Å². The van der Waals surface area contributed by atoms with Crippen LogP contribution in [0.3, 0.4) is 0 Å². The molecule has 0 heterocycles. The van der Waals surface area contributed by atoms with Crippen molar-refractivity contribution in [1.29, 1.82) is 0 Å². The quantitative estimate of drug-likeness (QED) is 0.908. The minimum Gasteiger partial charge on any atom is -0.497 e. The molecule has 0 aliphatic heterocycles. The van der Waals surface area contributed by atoms with E-state index in [0.717, 1.165) is 12.1 Å². The van der Waals surface area contributed by atoms with Crippen LogP contribution in [-0.2, 0) is 10.4 Å². The maximum atomic E-state index is 13.3. The van der Waals surface area contributed by atoms with Gasteiger partial charge < -0.3 is 15.2 Å². The number of carbonyl (C=O) groups excluding carboxylic acids is 1. The maximum Gasteiger partial charge on any atom is 0.430 e.